The number of rotatable bonds is 5. The minimum atomic E-state index is -4.59. The molecule has 0 radical (unpaired) electrons. The first-order chi connectivity index (χ1) is 14.8. The van der Waals surface area contributed by atoms with E-state index in [4.69, 9.17) is 5.73 Å². The molecule has 1 atom stereocenters. The number of piperidine rings is 1. The fourth-order valence-electron chi connectivity index (χ4n) is 3.76. The average Bonchev–Trinajstić information content (AvgIpc) is 3.14. The van der Waals surface area contributed by atoms with Crippen LogP contribution in [0.15, 0.2) is 36.8 Å². The quantitative estimate of drug-likeness (QED) is 0.569. The van der Waals surface area contributed by atoms with Gasteiger partial charge in [0, 0.05) is 36.0 Å². The summed E-state index contributed by atoms with van der Waals surface area (Å²) in [6, 6.07) is 4.66. The maximum atomic E-state index is 13.1. The summed E-state index contributed by atoms with van der Waals surface area (Å²) in [6.45, 7) is 0.995. The van der Waals surface area contributed by atoms with Crippen molar-refractivity contribution < 1.29 is 18.0 Å². The molecule has 1 aliphatic rings. The molecular weight excluding hydrogens is 409 g/mol. The standard InChI is InChI=1S/C21H23F3N6O/c22-21(23,24)16-9-14(10-27-20(16)25)13-4-6-18-28-17(12-30(18)11-13)29-19(31)7-5-15-3-1-2-8-26-15/h4,6,9-12,15,26H,1-3,5,7-8H2,(H2,25,27)(H,29,31). The third-order valence-electron chi connectivity index (χ3n) is 5.41. The molecule has 3 aromatic rings. The number of nitrogens with one attached hydrogen (secondary N) is 2. The van der Waals surface area contributed by atoms with Crippen molar-refractivity contribution in [1.29, 1.82) is 0 Å². The van der Waals surface area contributed by atoms with Gasteiger partial charge in [0.15, 0.2) is 5.82 Å². The second-order valence-electron chi connectivity index (χ2n) is 7.70. The van der Waals surface area contributed by atoms with Crippen LogP contribution in [0.25, 0.3) is 16.8 Å². The SMILES string of the molecule is Nc1ncc(-c2ccc3nc(NC(=O)CCC4CCCCN4)cn3c2)cc1C(F)(F)F. The van der Waals surface area contributed by atoms with E-state index < -0.39 is 17.6 Å². The molecule has 1 amide bonds. The van der Waals surface area contributed by atoms with E-state index in [2.05, 4.69) is 20.6 Å². The van der Waals surface area contributed by atoms with Crippen molar-refractivity contribution in [2.75, 3.05) is 17.6 Å². The summed E-state index contributed by atoms with van der Waals surface area (Å²) in [5.74, 6) is -0.285. The third kappa shape index (κ3) is 4.96. The molecule has 3 aromatic heterocycles. The summed E-state index contributed by atoms with van der Waals surface area (Å²) < 4.78 is 41.0. The van der Waals surface area contributed by atoms with E-state index in [-0.39, 0.29) is 11.5 Å². The van der Waals surface area contributed by atoms with Crippen molar-refractivity contribution in [1.82, 2.24) is 19.7 Å². The maximum Gasteiger partial charge on any atom is 0.419 e. The zero-order chi connectivity index (χ0) is 22.0. The van der Waals surface area contributed by atoms with Crippen LogP contribution in [0.4, 0.5) is 24.8 Å². The molecule has 1 unspecified atom stereocenters. The lowest BCUT2D eigenvalue weighted by molar-refractivity contribution is -0.137. The minimum absolute atomic E-state index is 0.117. The Hall–Kier alpha value is -3.14. The first-order valence-corrected chi connectivity index (χ1v) is 10.1. The van der Waals surface area contributed by atoms with Crippen LogP contribution in [0.2, 0.25) is 0 Å². The molecule has 0 saturated carbocycles. The normalized spacial score (nSPS) is 17.1. The molecule has 1 fully saturated rings. The highest BCUT2D eigenvalue weighted by Gasteiger charge is 2.34. The van der Waals surface area contributed by atoms with Crippen LogP contribution in [0, 0.1) is 0 Å². The van der Waals surface area contributed by atoms with E-state index in [0.29, 0.717) is 29.5 Å². The summed E-state index contributed by atoms with van der Waals surface area (Å²) in [6.07, 6.45) is 4.59. The van der Waals surface area contributed by atoms with Gasteiger partial charge in [-0.05, 0) is 44.0 Å². The first-order valence-electron chi connectivity index (χ1n) is 10.1. The number of hydrogen-bond donors (Lipinski definition) is 3. The Balaban J connectivity index is 1.48. The molecule has 0 aliphatic carbocycles. The van der Waals surface area contributed by atoms with E-state index in [0.717, 1.165) is 25.5 Å². The second-order valence-corrected chi connectivity index (χ2v) is 7.70. The molecule has 0 bridgehead atoms. The summed E-state index contributed by atoms with van der Waals surface area (Å²) in [4.78, 5) is 20.3. The predicted molar refractivity (Wildman–Crippen MR) is 111 cm³/mol. The van der Waals surface area contributed by atoms with Gasteiger partial charge in [0.25, 0.3) is 0 Å². The zero-order valence-electron chi connectivity index (χ0n) is 16.7. The van der Waals surface area contributed by atoms with Gasteiger partial charge < -0.3 is 20.8 Å². The average molecular weight is 432 g/mol. The lowest BCUT2D eigenvalue weighted by atomic mass is 10.0. The van der Waals surface area contributed by atoms with Crippen molar-refractivity contribution in [3.63, 3.8) is 0 Å². The number of carbonyl (C=O) groups is 1. The number of imidazole rings is 1. The zero-order valence-corrected chi connectivity index (χ0v) is 16.7. The lowest BCUT2D eigenvalue weighted by Crippen LogP contribution is -2.34. The van der Waals surface area contributed by atoms with Crippen molar-refractivity contribution >= 4 is 23.2 Å². The van der Waals surface area contributed by atoms with Crippen molar-refractivity contribution in [2.45, 2.75) is 44.3 Å². The molecule has 4 rings (SSSR count). The van der Waals surface area contributed by atoms with Gasteiger partial charge in [0.05, 0.1) is 11.8 Å². The molecule has 0 aromatic carbocycles. The van der Waals surface area contributed by atoms with Gasteiger partial charge in [0.2, 0.25) is 5.91 Å². The molecule has 1 saturated heterocycles. The Morgan fingerprint density at radius 3 is 2.84 bits per heavy atom. The first kappa shape index (κ1) is 21.1. The van der Waals surface area contributed by atoms with Crippen molar-refractivity contribution in [3.05, 3.63) is 42.4 Å². The molecular formula is C21H23F3N6O. The highest BCUT2D eigenvalue weighted by atomic mass is 19.4. The number of halogens is 3. The molecule has 164 valence electrons. The number of carbonyl (C=O) groups excluding carboxylic acids is 1. The number of amides is 1. The molecule has 0 spiro atoms. The van der Waals surface area contributed by atoms with E-state index in [1.165, 1.54) is 19.0 Å². The van der Waals surface area contributed by atoms with Gasteiger partial charge in [-0.3, -0.25) is 4.79 Å². The number of fused-ring (bicyclic) bond motifs is 1. The number of alkyl halides is 3. The summed E-state index contributed by atoms with van der Waals surface area (Å²) in [7, 11) is 0. The Bertz CT molecular complexity index is 1090. The molecule has 7 nitrogen and oxygen atoms in total. The predicted octanol–water partition coefficient (Wildman–Crippen LogP) is 3.86. The van der Waals surface area contributed by atoms with E-state index >= 15 is 0 Å². The number of hydrogen-bond acceptors (Lipinski definition) is 5. The van der Waals surface area contributed by atoms with Crippen LogP contribution in [-0.2, 0) is 11.0 Å². The van der Waals surface area contributed by atoms with Gasteiger partial charge in [-0.2, -0.15) is 13.2 Å². The van der Waals surface area contributed by atoms with Gasteiger partial charge in [-0.15, -0.1) is 0 Å². The number of nitrogens with two attached hydrogens (primary N) is 1. The van der Waals surface area contributed by atoms with Crippen LogP contribution in [0.5, 0.6) is 0 Å². The van der Waals surface area contributed by atoms with Crippen LogP contribution < -0.4 is 16.4 Å². The maximum absolute atomic E-state index is 13.1. The van der Waals surface area contributed by atoms with Gasteiger partial charge in [-0.25, -0.2) is 9.97 Å². The highest BCUT2D eigenvalue weighted by Crippen LogP contribution is 2.35. The van der Waals surface area contributed by atoms with Crippen LogP contribution in [-0.4, -0.2) is 32.9 Å². The van der Waals surface area contributed by atoms with Crippen LogP contribution in [0.1, 0.15) is 37.7 Å². The lowest BCUT2D eigenvalue weighted by Gasteiger charge is -2.22. The third-order valence-corrected chi connectivity index (χ3v) is 5.41. The molecule has 4 heterocycles. The fourth-order valence-corrected chi connectivity index (χ4v) is 3.76. The second kappa shape index (κ2) is 8.54. The van der Waals surface area contributed by atoms with Crippen molar-refractivity contribution in [2.24, 2.45) is 0 Å². The van der Waals surface area contributed by atoms with Crippen LogP contribution >= 0.6 is 0 Å². The molecule has 4 N–H and O–H groups in total. The number of nitrogen functional groups attached to an aromatic ring is 1. The van der Waals surface area contributed by atoms with Gasteiger partial charge in [-0.1, -0.05) is 6.42 Å². The largest absolute Gasteiger partial charge is 0.419 e. The molecule has 10 heteroatoms. The highest BCUT2D eigenvalue weighted by molar-refractivity contribution is 5.90. The Morgan fingerprint density at radius 2 is 2.10 bits per heavy atom. The molecule has 1 aliphatic heterocycles. The van der Waals surface area contributed by atoms with Gasteiger partial charge in [0.1, 0.15) is 11.5 Å². The fraction of sp³-hybridized carbons (Fsp3) is 0.381. The summed E-state index contributed by atoms with van der Waals surface area (Å²) in [5, 5.41) is 6.21. The Morgan fingerprint density at radius 1 is 1.26 bits per heavy atom. The number of aromatic nitrogens is 3. The number of nitrogens with zero attached hydrogens (tertiary/aromatic N) is 3. The van der Waals surface area contributed by atoms with Gasteiger partial charge >= 0.3 is 6.18 Å². The van der Waals surface area contributed by atoms with Crippen molar-refractivity contribution in [3.8, 4) is 11.1 Å². The topological polar surface area (TPSA) is 97.3 Å². The summed E-state index contributed by atoms with van der Waals surface area (Å²) >= 11 is 0. The van der Waals surface area contributed by atoms with E-state index in [9.17, 15) is 18.0 Å². The molecule has 31 heavy (non-hydrogen) atoms. The Labute approximate surface area is 176 Å². The number of pyridine rings is 2. The Kier molecular flexibility index (Phi) is 5.81. The number of anilines is 2. The monoisotopic (exact) mass is 432 g/mol. The minimum Gasteiger partial charge on any atom is -0.383 e. The van der Waals surface area contributed by atoms with E-state index in [1.54, 1.807) is 28.9 Å². The van der Waals surface area contributed by atoms with E-state index in [1.807, 2.05) is 0 Å². The summed E-state index contributed by atoms with van der Waals surface area (Å²) in [5.41, 5.74) is 5.76. The smallest absolute Gasteiger partial charge is 0.383 e. The van der Waals surface area contributed by atoms with Crippen LogP contribution in [0.3, 0.4) is 0 Å².